The summed E-state index contributed by atoms with van der Waals surface area (Å²) >= 11 is 1.53. The van der Waals surface area contributed by atoms with Gasteiger partial charge in [0.2, 0.25) is 0 Å². The van der Waals surface area contributed by atoms with Crippen LogP contribution in [0.15, 0.2) is 41.8 Å². The number of fused-ring (bicyclic) bond motifs is 1. The molecule has 7 nitrogen and oxygen atoms in total. The molecule has 0 saturated carbocycles. The fraction of sp³-hybridized carbons (Fsp3) is 0.280. The molecule has 8 heteroatoms. The molecule has 0 aliphatic carbocycles. The molecule has 0 atom stereocenters. The number of aromatic nitrogens is 3. The van der Waals surface area contributed by atoms with Gasteiger partial charge in [0.05, 0.1) is 27.2 Å². The Labute approximate surface area is 196 Å². The fourth-order valence-corrected chi connectivity index (χ4v) is 4.57. The molecule has 1 N–H and O–H groups in total. The lowest BCUT2D eigenvalue weighted by atomic mass is 9.98. The number of ether oxygens (including phenoxy) is 1. The first-order valence-electron chi connectivity index (χ1n) is 10.7. The molecule has 0 saturated heterocycles. The number of carbonyl (C=O) groups is 2. The van der Waals surface area contributed by atoms with Crippen molar-refractivity contribution in [3.8, 4) is 10.6 Å². The summed E-state index contributed by atoms with van der Waals surface area (Å²) in [5.74, 6) is -0.719. The average Bonchev–Trinajstić information content (AvgIpc) is 3.41. The number of esters is 1. The SMILES string of the molecule is Cc1cccc(C(C)C)c1NC(=O)COC(=O)c1cc(-c2cccs2)nc2c1c(C)nn2C. The van der Waals surface area contributed by atoms with Crippen molar-refractivity contribution >= 4 is 39.9 Å². The van der Waals surface area contributed by atoms with Crippen molar-refractivity contribution in [1.29, 1.82) is 0 Å². The molecule has 3 aromatic heterocycles. The third-order valence-corrected chi connectivity index (χ3v) is 6.38. The van der Waals surface area contributed by atoms with E-state index in [1.807, 2.05) is 49.6 Å². The van der Waals surface area contributed by atoms with Gasteiger partial charge in [0, 0.05) is 12.7 Å². The van der Waals surface area contributed by atoms with Crippen molar-refractivity contribution < 1.29 is 14.3 Å². The highest BCUT2D eigenvalue weighted by atomic mass is 32.1. The first-order chi connectivity index (χ1) is 15.8. The van der Waals surface area contributed by atoms with Gasteiger partial charge >= 0.3 is 5.97 Å². The van der Waals surface area contributed by atoms with Gasteiger partial charge in [-0.15, -0.1) is 11.3 Å². The Kier molecular flexibility index (Phi) is 6.29. The van der Waals surface area contributed by atoms with E-state index in [2.05, 4.69) is 24.3 Å². The number of hydrogen-bond acceptors (Lipinski definition) is 6. The van der Waals surface area contributed by atoms with Gasteiger partial charge in [-0.2, -0.15) is 5.10 Å². The van der Waals surface area contributed by atoms with E-state index in [0.29, 0.717) is 28.0 Å². The largest absolute Gasteiger partial charge is 0.452 e. The van der Waals surface area contributed by atoms with Gasteiger partial charge in [-0.1, -0.05) is 38.1 Å². The first kappa shape index (κ1) is 22.7. The highest BCUT2D eigenvalue weighted by Crippen LogP contribution is 2.30. The van der Waals surface area contributed by atoms with Gasteiger partial charge in [-0.25, -0.2) is 9.78 Å². The summed E-state index contributed by atoms with van der Waals surface area (Å²) in [5, 5.41) is 9.91. The molecule has 0 spiro atoms. The molecule has 4 aromatic rings. The minimum atomic E-state index is -0.583. The number of benzene rings is 1. The fourth-order valence-electron chi connectivity index (χ4n) is 3.88. The average molecular weight is 463 g/mol. The Morgan fingerprint density at radius 3 is 2.67 bits per heavy atom. The lowest BCUT2D eigenvalue weighted by molar-refractivity contribution is -0.119. The van der Waals surface area contributed by atoms with Crippen LogP contribution in [-0.2, 0) is 16.6 Å². The number of hydrogen-bond donors (Lipinski definition) is 1. The van der Waals surface area contributed by atoms with Crippen molar-refractivity contribution in [3.63, 3.8) is 0 Å². The summed E-state index contributed by atoms with van der Waals surface area (Å²) in [7, 11) is 1.79. The van der Waals surface area contributed by atoms with Crippen LogP contribution in [-0.4, -0.2) is 33.2 Å². The number of carbonyl (C=O) groups excluding carboxylic acids is 2. The smallest absolute Gasteiger partial charge is 0.339 e. The van der Waals surface area contributed by atoms with Crippen LogP contribution in [0.1, 0.15) is 46.9 Å². The molecular formula is C25H26N4O3S. The van der Waals surface area contributed by atoms with Crippen LogP contribution in [0.5, 0.6) is 0 Å². The summed E-state index contributed by atoms with van der Waals surface area (Å²) in [4.78, 5) is 31.4. The molecule has 0 unspecified atom stereocenters. The zero-order chi connectivity index (χ0) is 23.7. The van der Waals surface area contributed by atoms with Crippen LogP contribution in [0.4, 0.5) is 5.69 Å². The van der Waals surface area contributed by atoms with Crippen molar-refractivity contribution in [2.24, 2.45) is 7.05 Å². The third kappa shape index (κ3) is 4.52. The van der Waals surface area contributed by atoms with E-state index in [1.54, 1.807) is 17.8 Å². The summed E-state index contributed by atoms with van der Waals surface area (Å²) in [6.45, 7) is 7.52. The summed E-state index contributed by atoms with van der Waals surface area (Å²) in [6, 6.07) is 11.5. The normalized spacial score (nSPS) is 11.2. The second-order valence-corrected chi connectivity index (χ2v) is 9.21. The molecule has 1 aromatic carbocycles. The minimum Gasteiger partial charge on any atom is -0.452 e. The summed E-state index contributed by atoms with van der Waals surface area (Å²) in [6.07, 6.45) is 0. The molecule has 4 rings (SSSR count). The lowest BCUT2D eigenvalue weighted by Gasteiger charge is -2.16. The van der Waals surface area contributed by atoms with Crippen molar-refractivity contribution in [2.75, 3.05) is 11.9 Å². The van der Waals surface area contributed by atoms with Gasteiger partial charge in [0.25, 0.3) is 5.91 Å². The molecule has 1 amide bonds. The Balaban J connectivity index is 1.58. The number of thiophene rings is 1. The van der Waals surface area contributed by atoms with E-state index in [0.717, 1.165) is 21.7 Å². The predicted molar refractivity (Wildman–Crippen MR) is 131 cm³/mol. The maximum Gasteiger partial charge on any atom is 0.339 e. The first-order valence-corrected chi connectivity index (χ1v) is 11.6. The van der Waals surface area contributed by atoms with Gasteiger partial charge in [0.1, 0.15) is 0 Å². The third-order valence-electron chi connectivity index (χ3n) is 5.49. The predicted octanol–water partition coefficient (Wildman–Crippen LogP) is 5.23. The Bertz CT molecular complexity index is 1340. The molecule has 0 radical (unpaired) electrons. The second-order valence-electron chi connectivity index (χ2n) is 8.26. The molecular weight excluding hydrogens is 436 g/mol. The van der Waals surface area contributed by atoms with Crippen molar-refractivity contribution in [2.45, 2.75) is 33.6 Å². The number of nitrogens with zero attached hydrogens (tertiary/aromatic N) is 3. The number of rotatable bonds is 6. The van der Waals surface area contributed by atoms with Crippen LogP contribution in [0.3, 0.4) is 0 Å². The zero-order valence-corrected chi connectivity index (χ0v) is 20.1. The van der Waals surface area contributed by atoms with Crippen LogP contribution < -0.4 is 5.32 Å². The summed E-state index contributed by atoms with van der Waals surface area (Å²) < 4.78 is 7.08. The van der Waals surface area contributed by atoms with E-state index in [1.165, 1.54) is 11.3 Å². The molecule has 0 aliphatic heterocycles. The zero-order valence-electron chi connectivity index (χ0n) is 19.3. The van der Waals surface area contributed by atoms with Gasteiger partial charge in [-0.3, -0.25) is 9.48 Å². The Hall–Kier alpha value is -3.52. The maximum atomic E-state index is 13.1. The Morgan fingerprint density at radius 2 is 1.97 bits per heavy atom. The van der Waals surface area contributed by atoms with Crippen LogP contribution in [0, 0.1) is 13.8 Å². The molecule has 3 heterocycles. The van der Waals surface area contributed by atoms with Crippen molar-refractivity contribution in [3.05, 3.63) is 64.2 Å². The monoisotopic (exact) mass is 462 g/mol. The van der Waals surface area contributed by atoms with Crippen LogP contribution >= 0.6 is 11.3 Å². The molecule has 33 heavy (non-hydrogen) atoms. The number of pyridine rings is 1. The number of aryl methyl sites for hydroxylation is 3. The number of anilines is 1. The number of para-hydroxylation sites is 1. The van der Waals surface area contributed by atoms with E-state index in [9.17, 15) is 9.59 Å². The number of nitrogens with one attached hydrogen (secondary N) is 1. The molecule has 0 fully saturated rings. The lowest BCUT2D eigenvalue weighted by Crippen LogP contribution is -2.22. The standard InChI is InChI=1S/C25H26N4O3S/c1-14(2)17-9-6-8-15(3)23(17)27-21(30)13-32-25(31)18-12-19(20-10-7-11-33-20)26-24-22(18)16(4)28-29(24)5/h6-12,14H,13H2,1-5H3,(H,27,30). The highest BCUT2D eigenvalue weighted by Gasteiger charge is 2.22. The van der Waals surface area contributed by atoms with Gasteiger partial charge in [-0.05, 0) is 48.4 Å². The van der Waals surface area contributed by atoms with E-state index in [-0.39, 0.29) is 18.4 Å². The topological polar surface area (TPSA) is 86.1 Å². The number of amides is 1. The molecule has 0 aliphatic rings. The van der Waals surface area contributed by atoms with Crippen LogP contribution in [0.2, 0.25) is 0 Å². The Morgan fingerprint density at radius 1 is 1.18 bits per heavy atom. The van der Waals surface area contributed by atoms with Gasteiger partial charge < -0.3 is 10.1 Å². The maximum absolute atomic E-state index is 13.1. The second kappa shape index (κ2) is 9.15. The highest BCUT2D eigenvalue weighted by molar-refractivity contribution is 7.13. The quantitative estimate of drug-likeness (QED) is 0.397. The van der Waals surface area contributed by atoms with E-state index >= 15 is 0 Å². The van der Waals surface area contributed by atoms with Gasteiger partial charge in [0.15, 0.2) is 12.3 Å². The van der Waals surface area contributed by atoms with Crippen molar-refractivity contribution in [1.82, 2.24) is 14.8 Å². The summed E-state index contributed by atoms with van der Waals surface area (Å²) in [5.41, 5.74) is 5.05. The van der Waals surface area contributed by atoms with Crippen LogP contribution in [0.25, 0.3) is 21.6 Å². The molecule has 0 bridgehead atoms. The van der Waals surface area contributed by atoms with E-state index < -0.39 is 5.97 Å². The minimum absolute atomic E-state index is 0.247. The van der Waals surface area contributed by atoms with E-state index in [4.69, 9.17) is 9.72 Å². The molecule has 170 valence electrons.